The van der Waals surface area contributed by atoms with E-state index in [0.717, 1.165) is 11.3 Å². The van der Waals surface area contributed by atoms with E-state index in [1.807, 2.05) is 31.2 Å². The molecule has 0 spiro atoms. The number of thiocarbonyl (C=S) groups is 1. The minimum absolute atomic E-state index is 0.0949. The molecule has 0 aliphatic carbocycles. The summed E-state index contributed by atoms with van der Waals surface area (Å²) in [6.45, 7) is -0.859. The number of para-hydroxylation sites is 1. The zero-order valence-electron chi connectivity index (χ0n) is 11.8. The normalized spacial score (nSPS) is 10.2. The van der Waals surface area contributed by atoms with Gasteiger partial charge in [-0.1, -0.05) is 18.2 Å². The standard InChI is InChI=1S/C15H15F2N3OS/c1-10-4-2-3-5-13(10)19-20-15(22)18-11-6-8-12(9-7-11)21-14(16)17/h2-9,14,19H,1H3,(H2,18,20,22). The molecule has 0 bridgehead atoms. The highest BCUT2D eigenvalue weighted by molar-refractivity contribution is 7.80. The highest BCUT2D eigenvalue weighted by Gasteiger charge is 2.04. The van der Waals surface area contributed by atoms with E-state index in [4.69, 9.17) is 12.2 Å². The number of hydrogen-bond acceptors (Lipinski definition) is 3. The molecule has 4 nitrogen and oxygen atoms in total. The van der Waals surface area contributed by atoms with Crippen LogP contribution in [0.4, 0.5) is 20.2 Å². The van der Waals surface area contributed by atoms with Gasteiger partial charge in [-0.25, -0.2) is 0 Å². The van der Waals surface area contributed by atoms with Crippen molar-refractivity contribution in [2.75, 3.05) is 10.7 Å². The molecule has 0 radical (unpaired) electrons. The van der Waals surface area contributed by atoms with Crippen molar-refractivity contribution >= 4 is 28.7 Å². The van der Waals surface area contributed by atoms with Crippen LogP contribution in [0.25, 0.3) is 0 Å². The van der Waals surface area contributed by atoms with Crippen LogP contribution >= 0.6 is 12.2 Å². The van der Waals surface area contributed by atoms with Crippen molar-refractivity contribution in [3.8, 4) is 5.75 Å². The zero-order chi connectivity index (χ0) is 15.9. The molecule has 0 saturated heterocycles. The zero-order valence-corrected chi connectivity index (χ0v) is 12.6. The molecule has 3 N–H and O–H groups in total. The lowest BCUT2D eigenvalue weighted by molar-refractivity contribution is -0.0498. The Morgan fingerprint density at radius 1 is 1.09 bits per heavy atom. The summed E-state index contributed by atoms with van der Waals surface area (Å²) in [4.78, 5) is 0. The van der Waals surface area contributed by atoms with Crippen LogP contribution < -0.4 is 20.9 Å². The molecule has 2 aromatic rings. The molecule has 2 rings (SSSR count). The van der Waals surface area contributed by atoms with Gasteiger partial charge in [-0.2, -0.15) is 8.78 Å². The van der Waals surface area contributed by atoms with E-state index in [-0.39, 0.29) is 5.75 Å². The maximum Gasteiger partial charge on any atom is 0.387 e. The maximum absolute atomic E-state index is 12.0. The van der Waals surface area contributed by atoms with Gasteiger partial charge in [-0.15, -0.1) is 0 Å². The number of alkyl halides is 2. The lowest BCUT2D eigenvalue weighted by Crippen LogP contribution is -2.33. The number of rotatable bonds is 5. The molecular weight excluding hydrogens is 308 g/mol. The van der Waals surface area contributed by atoms with Crippen LogP contribution in [0.5, 0.6) is 5.75 Å². The molecular formula is C15H15F2N3OS. The number of benzene rings is 2. The van der Waals surface area contributed by atoms with Gasteiger partial charge in [-0.05, 0) is 55.0 Å². The first-order chi connectivity index (χ1) is 10.5. The Morgan fingerprint density at radius 2 is 1.77 bits per heavy atom. The first-order valence-electron chi connectivity index (χ1n) is 6.48. The number of nitrogens with one attached hydrogen (secondary N) is 3. The number of anilines is 2. The van der Waals surface area contributed by atoms with Crippen molar-refractivity contribution in [2.45, 2.75) is 13.5 Å². The van der Waals surface area contributed by atoms with E-state index in [1.54, 1.807) is 12.1 Å². The Hall–Kier alpha value is -2.41. The summed E-state index contributed by atoms with van der Waals surface area (Å²) in [5, 5.41) is 3.28. The SMILES string of the molecule is Cc1ccccc1NNC(=S)Nc1ccc(OC(F)F)cc1. The van der Waals surface area contributed by atoms with Gasteiger partial charge in [0, 0.05) is 5.69 Å². The second-order valence-electron chi connectivity index (χ2n) is 4.42. The molecule has 7 heteroatoms. The average molecular weight is 323 g/mol. The van der Waals surface area contributed by atoms with Crippen molar-refractivity contribution in [1.29, 1.82) is 0 Å². The van der Waals surface area contributed by atoms with Gasteiger partial charge in [0.1, 0.15) is 5.75 Å². The topological polar surface area (TPSA) is 45.3 Å². The van der Waals surface area contributed by atoms with E-state index in [9.17, 15) is 8.78 Å². The molecule has 0 atom stereocenters. The Kier molecular flexibility index (Phi) is 5.48. The van der Waals surface area contributed by atoms with Crippen molar-refractivity contribution < 1.29 is 13.5 Å². The quantitative estimate of drug-likeness (QED) is 0.575. The van der Waals surface area contributed by atoms with Gasteiger partial charge >= 0.3 is 6.61 Å². The minimum atomic E-state index is -2.83. The summed E-state index contributed by atoms with van der Waals surface area (Å²) in [6, 6.07) is 13.8. The summed E-state index contributed by atoms with van der Waals surface area (Å²) in [5.74, 6) is 0.0949. The Bertz CT molecular complexity index is 635. The van der Waals surface area contributed by atoms with Crippen LogP contribution in [0.15, 0.2) is 48.5 Å². The smallest absolute Gasteiger partial charge is 0.387 e. The molecule has 116 valence electrons. The molecule has 22 heavy (non-hydrogen) atoms. The van der Waals surface area contributed by atoms with E-state index >= 15 is 0 Å². The summed E-state index contributed by atoms with van der Waals surface area (Å²) >= 11 is 5.15. The fourth-order valence-corrected chi connectivity index (χ4v) is 1.89. The number of hydrogen-bond donors (Lipinski definition) is 3. The first kappa shape index (κ1) is 16.0. The molecule has 0 heterocycles. The van der Waals surface area contributed by atoms with Crippen molar-refractivity contribution in [3.63, 3.8) is 0 Å². The van der Waals surface area contributed by atoms with Crippen LogP contribution in [0.2, 0.25) is 0 Å². The fourth-order valence-electron chi connectivity index (χ4n) is 1.72. The molecule has 0 unspecified atom stereocenters. The van der Waals surface area contributed by atoms with Crippen LogP contribution in [0, 0.1) is 6.92 Å². The molecule has 0 amide bonds. The monoisotopic (exact) mass is 323 g/mol. The number of halogens is 2. The van der Waals surface area contributed by atoms with Gasteiger partial charge < -0.3 is 10.1 Å². The van der Waals surface area contributed by atoms with Crippen LogP contribution in [0.3, 0.4) is 0 Å². The predicted molar refractivity (Wildman–Crippen MR) is 87.2 cm³/mol. The van der Waals surface area contributed by atoms with E-state index in [2.05, 4.69) is 20.9 Å². The molecule has 0 aliphatic rings. The third kappa shape index (κ3) is 4.85. The Morgan fingerprint density at radius 3 is 2.41 bits per heavy atom. The van der Waals surface area contributed by atoms with Crippen LogP contribution in [0.1, 0.15) is 5.56 Å². The first-order valence-corrected chi connectivity index (χ1v) is 6.89. The van der Waals surface area contributed by atoms with Gasteiger partial charge in [0.15, 0.2) is 5.11 Å². The summed E-state index contributed by atoms with van der Waals surface area (Å²) in [7, 11) is 0. The highest BCUT2D eigenvalue weighted by atomic mass is 32.1. The molecule has 2 aromatic carbocycles. The molecule has 0 saturated carbocycles. The lowest BCUT2D eigenvalue weighted by Gasteiger charge is -2.14. The summed E-state index contributed by atoms with van der Waals surface area (Å²) in [6.07, 6.45) is 0. The largest absolute Gasteiger partial charge is 0.435 e. The Balaban J connectivity index is 1.85. The number of ether oxygens (including phenoxy) is 1. The van der Waals surface area contributed by atoms with Gasteiger partial charge in [0.2, 0.25) is 0 Å². The third-order valence-corrected chi connectivity index (χ3v) is 3.00. The van der Waals surface area contributed by atoms with Gasteiger partial charge in [-0.3, -0.25) is 10.9 Å². The van der Waals surface area contributed by atoms with Crippen molar-refractivity contribution in [3.05, 3.63) is 54.1 Å². The fraction of sp³-hybridized carbons (Fsp3) is 0.133. The van der Waals surface area contributed by atoms with E-state index in [0.29, 0.717) is 10.8 Å². The number of aryl methyl sites for hydroxylation is 1. The summed E-state index contributed by atoms with van der Waals surface area (Å²) in [5.41, 5.74) is 8.49. The average Bonchev–Trinajstić information content (AvgIpc) is 2.48. The van der Waals surface area contributed by atoms with Crippen LogP contribution in [-0.4, -0.2) is 11.7 Å². The second-order valence-corrected chi connectivity index (χ2v) is 4.83. The molecule has 0 aromatic heterocycles. The molecule has 0 fully saturated rings. The van der Waals surface area contributed by atoms with E-state index in [1.165, 1.54) is 12.1 Å². The third-order valence-electron chi connectivity index (χ3n) is 2.79. The second kappa shape index (κ2) is 7.56. The van der Waals surface area contributed by atoms with Gasteiger partial charge in [0.05, 0.1) is 5.69 Å². The van der Waals surface area contributed by atoms with Gasteiger partial charge in [0.25, 0.3) is 0 Å². The van der Waals surface area contributed by atoms with Crippen LogP contribution in [-0.2, 0) is 0 Å². The maximum atomic E-state index is 12.0. The molecule has 0 aliphatic heterocycles. The number of hydrazine groups is 1. The summed E-state index contributed by atoms with van der Waals surface area (Å²) < 4.78 is 28.4. The van der Waals surface area contributed by atoms with Crippen molar-refractivity contribution in [2.24, 2.45) is 0 Å². The van der Waals surface area contributed by atoms with E-state index < -0.39 is 6.61 Å². The highest BCUT2D eigenvalue weighted by Crippen LogP contribution is 2.17. The lowest BCUT2D eigenvalue weighted by atomic mass is 10.2. The predicted octanol–water partition coefficient (Wildman–Crippen LogP) is 3.91. The van der Waals surface area contributed by atoms with Crippen molar-refractivity contribution in [1.82, 2.24) is 5.43 Å². The minimum Gasteiger partial charge on any atom is -0.435 e. The Labute approximate surface area is 132 Å².